The third-order valence-electron chi connectivity index (χ3n) is 1.30. The molecule has 0 fully saturated rings. The number of hydrogen-bond donors (Lipinski definition) is 0. The lowest BCUT2D eigenvalue weighted by atomic mass is 10.4. The predicted octanol–water partition coefficient (Wildman–Crippen LogP) is 0.940. The Bertz CT molecular complexity index is 346. The van der Waals surface area contributed by atoms with Gasteiger partial charge in [0.15, 0.2) is 12.7 Å². The van der Waals surface area contributed by atoms with Gasteiger partial charge in [-0.3, -0.25) is 0 Å². The number of carbonyl (C=O) groups excluding carboxylic acids is 1. The second-order valence-electron chi connectivity index (χ2n) is 2.56. The molecule has 5 nitrogen and oxygen atoms in total. The number of benzene rings is 1. The molecule has 0 aliphatic rings. The molecule has 78 valence electrons. The van der Waals surface area contributed by atoms with E-state index in [1.807, 2.05) is 36.4 Å². The van der Waals surface area contributed by atoms with E-state index in [1.165, 1.54) is 19.6 Å². The fourth-order valence-corrected chi connectivity index (χ4v) is 0.772. The maximum atomic E-state index is 10.2. The molecule has 2 rings (SSSR count). The van der Waals surface area contributed by atoms with Gasteiger partial charge in [0.25, 0.3) is 0 Å². The number of carbonyl (C=O) groups is 1. The van der Waals surface area contributed by atoms with E-state index in [0.29, 0.717) is 0 Å². The van der Waals surface area contributed by atoms with Crippen LogP contribution < -0.4 is 4.84 Å². The quantitative estimate of drug-likeness (QED) is 0.695. The van der Waals surface area contributed by atoms with Crippen LogP contribution in [0.15, 0.2) is 49.1 Å². The smallest absolute Gasteiger partial charge is 0.329 e. The fraction of sp³-hybridized carbons (Fsp3) is 0.100. The first kappa shape index (κ1) is 10.9. The van der Waals surface area contributed by atoms with Crippen LogP contribution in [0.25, 0.3) is 0 Å². The van der Waals surface area contributed by atoms with Crippen molar-refractivity contribution in [2.24, 2.45) is 0 Å². The van der Waals surface area contributed by atoms with Gasteiger partial charge in [0.05, 0.1) is 0 Å². The zero-order valence-electron chi connectivity index (χ0n) is 8.28. The predicted molar refractivity (Wildman–Crippen MR) is 53.7 cm³/mol. The highest BCUT2D eigenvalue weighted by atomic mass is 16.7. The van der Waals surface area contributed by atoms with Crippen molar-refractivity contribution in [3.63, 3.8) is 0 Å². The van der Waals surface area contributed by atoms with Crippen LogP contribution in [-0.4, -0.2) is 20.9 Å². The van der Waals surface area contributed by atoms with Gasteiger partial charge in [0.1, 0.15) is 0 Å². The van der Waals surface area contributed by atoms with Crippen LogP contribution in [0, 0.1) is 0 Å². The Kier molecular flexibility index (Phi) is 4.59. The fourth-order valence-electron chi connectivity index (χ4n) is 0.772. The number of rotatable bonds is 1. The third-order valence-corrected chi connectivity index (χ3v) is 1.30. The van der Waals surface area contributed by atoms with Crippen molar-refractivity contribution >= 4 is 5.97 Å². The molecule has 15 heavy (non-hydrogen) atoms. The summed E-state index contributed by atoms with van der Waals surface area (Å²) in [6.45, 7) is 1.31. The second-order valence-corrected chi connectivity index (χ2v) is 2.56. The van der Waals surface area contributed by atoms with Crippen molar-refractivity contribution in [2.75, 3.05) is 0 Å². The van der Waals surface area contributed by atoms with Crippen LogP contribution in [0.5, 0.6) is 0 Å². The largest absolute Gasteiger partial charge is 0.334 e. The number of nitrogens with zero attached hydrogens (tertiary/aromatic N) is 3. The maximum Gasteiger partial charge on any atom is 0.329 e. The molecule has 0 spiro atoms. The molecule has 0 radical (unpaired) electrons. The van der Waals surface area contributed by atoms with Crippen LogP contribution in [-0.2, 0) is 4.79 Å². The average Bonchev–Trinajstić information content (AvgIpc) is 2.73. The van der Waals surface area contributed by atoms with Crippen molar-refractivity contribution in [1.82, 2.24) is 14.9 Å². The lowest BCUT2D eigenvalue weighted by Crippen LogP contribution is -2.14. The van der Waals surface area contributed by atoms with Gasteiger partial charge in [-0.1, -0.05) is 36.4 Å². The summed E-state index contributed by atoms with van der Waals surface area (Å²) in [7, 11) is 0. The molecular weight excluding hydrogens is 194 g/mol. The van der Waals surface area contributed by atoms with E-state index in [2.05, 4.69) is 15.0 Å². The monoisotopic (exact) mass is 205 g/mol. The minimum Gasteiger partial charge on any atom is -0.334 e. The zero-order chi connectivity index (χ0) is 10.9. The molecule has 0 unspecified atom stereocenters. The molecule has 0 aliphatic carbocycles. The summed E-state index contributed by atoms with van der Waals surface area (Å²) in [5, 5.41) is 6.82. The van der Waals surface area contributed by atoms with Crippen molar-refractivity contribution in [2.45, 2.75) is 6.92 Å². The summed E-state index contributed by atoms with van der Waals surface area (Å²) >= 11 is 0. The van der Waals surface area contributed by atoms with Crippen molar-refractivity contribution in [3.8, 4) is 0 Å². The Morgan fingerprint density at radius 1 is 1.00 bits per heavy atom. The normalized spacial score (nSPS) is 8.60. The molecule has 0 N–H and O–H groups in total. The standard InChI is InChI=1S/C6H6.C4H5N3O2/c1-2-4-6-5-3-1;1-4(8)9-7-2-5-6-3-7/h1-6H;2-3H,1H3. The summed E-state index contributed by atoms with van der Waals surface area (Å²) < 4.78 is 1.13. The van der Waals surface area contributed by atoms with Crippen LogP contribution in [0.2, 0.25) is 0 Å². The Morgan fingerprint density at radius 2 is 1.40 bits per heavy atom. The highest BCUT2D eigenvalue weighted by molar-refractivity contribution is 5.66. The maximum absolute atomic E-state index is 10.2. The summed E-state index contributed by atoms with van der Waals surface area (Å²) in [4.78, 5) is 14.7. The van der Waals surface area contributed by atoms with Crippen molar-refractivity contribution < 1.29 is 9.63 Å². The first-order valence-corrected chi connectivity index (χ1v) is 4.32. The molecule has 0 bridgehead atoms. The minimum absolute atomic E-state index is 0.394. The summed E-state index contributed by atoms with van der Waals surface area (Å²) in [6, 6.07) is 12.0. The molecule has 0 aliphatic heterocycles. The summed E-state index contributed by atoms with van der Waals surface area (Å²) in [6.07, 6.45) is 2.59. The van der Waals surface area contributed by atoms with Crippen LogP contribution in [0.3, 0.4) is 0 Å². The Morgan fingerprint density at radius 3 is 1.73 bits per heavy atom. The van der Waals surface area contributed by atoms with Crippen LogP contribution in [0.1, 0.15) is 6.92 Å². The molecular formula is C10H11N3O2. The van der Waals surface area contributed by atoms with Gasteiger partial charge in [-0.2, -0.15) is 0 Å². The highest BCUT2D eigenvalue weighted by Crippen LogP contribution is 1.80. The summed E-state index contributed by atoms with van der Waals surface area (Å²) in [5.74, 6) is -0.394. The van der Waals surface area contributed by atoms with Gasteiger partial charge >= 0.3 is 5.97 Å². The Hall–Kier alpha value is -2.17. The zero-order valence-corrected chi connectivity index (χ0v) is 8.28. The van der Waals surface area contributed by atoms with Gasteiger partial charge in [-0.25, -0.2) is 4.79 Å². The molecule has 1 aromatic carbocycles. The van der Waals surface area contributed by atoms with Gasteiger partial charge < -0.3 is 4.84 Å². The molecule has 1 heterocycles. The molecule has 0 saturated carbocycles. The number of hydrogen-bond acceptors (Lipinski definition) is 4. The van der Waals surface area contributed by atoms with Crippen LogP contribution >= 0.6 is 0 Å². The van der Waals surface area contributed by atoms with Gasteiger partial charge in [0, 0.05) is 6.92 Å². The first-order chi connectivity index (χ1) is 7.29. The van der Waals surface area contributed by atoms with E-state index in [1.54, 1.807) is 0 Å². The topological polar surface area (TPSA) is 57.0 Å². The molecule has 0 saturated heterocycles. The lowest BCUT2D eigenvalue weighted by Gasteiger charge is -1.94. The lowest BCUT2D eigenvalue weighted by molar-refractivity contribution is -0.141. The Labute approximate surface area is 87.3 Å². The van der Waals surface area contributed by atoms with E-state index in [4.69, 9.17) is 0 Å². The van der Waals surface area contributed by atoms with E-state index in [9.17, 15) is 4.79 Å². The SMILES string of the molecule is CC(=O)On1cnnc1.c1ccccc1. The van der Waals surface area contributed by atoms with E-state index >= 15 is 0 Å². The molecule has 1 aromatic heterocycles. The summed E-state index contributed by atoms with van der Waals surface area (Å²) in [5.41, 5.74) is 0. The van der Waals surface area contributed by atoms with Crippen molar-refractivity contribution in [1.29, 1.82) is 0 Å². The molecule has 5 heteroatoms. The molecule has 0 amide bonds. The van der Waals surface area contributed by atoms with E-state index < -0.39 is 5.97 Å². The van der Waals surface area contributed by atoms with Crippen molar-refractivity contribution in [3.05, 3.63) is 49.1 Å². The number of aromatic nitrogens is 3. The van der Waals surface area contributed by atoms with Gasteiger partial charge in [-0.05, 0) is 0 Å². The molecule has 0 atom stereocenters. The van der Waals surface area contributed by atoms with Crippen LogP contribution in [0.4, 0.5) is 0 Å². The first-order valence-electron chi connectivity index (χ1n) is 4.32. The highest BCUT2D eigenvalue weighted by Gasteiger charge is 1.92. The third kappa shape index (κ3) is 5.20. The van der Waals surface area contributed by atoms with Gasteiger partial charge in [0.2, 0.25) is 0 Å². The van der Waals surface area contributed by atoms with E-state index in [-0.39, 0.29) is 0 Å². The Balaban J connectivity index is 0.000000162. The second kappa shape index (κ2) is 6.31. The average molecular weight is 205 g/mol. The van der Waals surface area contributed by atoms with E-state index in [0.717, 1.165) is 4.73 Å². The van der Waals surface area contributed by atoms with Gasteiger partial charge in [-0.15, -0.1) is 14.9 Å². The minimum atomic E-state index is -0.394. The molecule has 2 aromatic rings.